The van der Waals surface area contributed by atoms with Crippen LogP contribution < -0.4 is 15.6 Å². The Morgan fingerprint density at radius 1 is 0.972 bits per heavy atom. The molecule has 1 aromatic heterocycles. The third-order valence-corrected chi connectivity index (χ3v) is 5.83. The molecule has 10 heteroatoms. The van der Waals surface area contributed by atoms with Gasteiger partial charge in [-0.15, -0.1) is 12.4 Å². The highest BCUT2D eigenvalue weighted by Crippen LogP contribution is 2.35. The maximum absolute atomic E-state index is 13.3. The number of methoxy groups -OCH3 is 1. The average molecular weight is 536 g/mol. The Morgan fingerprint density at radius 2 is 1.61 bits per heavy atom. The van der Waals surface area contributed by atoms with Crippen molar-refractivity contribution in [1.82, 2.24) is 9.99 Å². The summed E-state index contributed by atoms with van der Waals surface area (Å²) in [4.78, 5) is 13.1. The molecular formula is C26H22Cl2F3N3O2. The summed E-state index contributed by atoms with van der Waals surface area (Å²) in [7, 11) is 1.57. The number of hydrogen-bond donors (Lipinski definition) is 2. The third kappa shape index (κ3) is 5.45. The molecule has 0 radical (unpaired) electrons. The van der Waals surface area contributed by atoms with Gasteiger partial charge in [0, 0.05) is 5.69 Å². The highest BCUT2D eigenvalue weighted by atomic mass is 35.5. The summed E-state index contributed by atoms with van der Waals surface area (Å²) in [5.41, 5.74) is 6.62. The van der Waals surface area contributed by atoms with Crippen molar-refractivity contribution in [3.63, 3.8) is 0 Å². The molecule has 2 N–H and O–H groups in total. The predicted octanol–water partition coefficient (Wildman–Crippen LogP) is 7.31. The maximum Gasteiger partial charge on any atom is 0.418 e. The normalized spacial score (nSPS) is 10.9. The number of hydrogen-bond acceptors (Lipinski definition) is 3. The van der Waals surface area contributed by atoms with E-state index in [0.29, 0.717) is 27.8 Å². The minimum atomic E-state index is -4.57. The van der Waals surface area contributed by atoms with Gasteiger partial charge in [0.05, 0.1) is 40.3 Å². The molecule has 5 nitrogen and oxygen atoms in total. The van der Waals surface area contributed by atoms with Gasteiger partial charge in [0.15, 0.2) is 0 Å². The summed E-state index contributed by atoms with van der Waals surface area (Å²) in [5.74, 6) is 0.0758. The monoisotopic (exact) mass is 535 g/mol. The number of halogens is 5. The van der Waals surface area contributed by atoms with Crippen molar-refractivity contribution in [2.24, 2.45) is 0 Å². The zero-order valence-electron chi connectivity index (χ0n) is 19.2. The van der Waals surface area contributed by atoms with Crippen LogP contribution in [-0.2, 0) is 6.18 Å². The number of ether oxygens (including phenoxy) is 1. The molecule has 0 unspecified atom stereocenters. The van der Waals surface area contributed by atoms with Gasteiger partial charge in [-0.3, -0.25) is 15.6 Å². The zero-order valence-corrected chi connectivity index (χ0v) is 20.8. The second kappa shape index (κ2) is 11.0. The van der Waals surface area contributed by atoms with Crippen molar-refractivity contribution < 1.29 is 22.7 Å². The van der Waals surface area contributed by atoms with E-state index >= 15 is 0 Å². The summed E-state index contributed by atoms with van der Waals surface area (Å²) in [6.07, 6.45) is -4.57. The molecule has 0 fully saturated rings. The second-order valence-corrected chi connectivity index (χ2v) is 8.07. The van der Waals surface area contributed by atoms with E-state index in [1.165, 1.54) is 18.2 Å². The van der Waals surface area contributed by atoms with E-state index in [2.05, 4.69) is 10.9 Å². The number of hydrazine groups is 1. The number of para-hydroxylation sites is 2. The van der Waals surface area contributed by atoms with Gasteiger partial charge in [0.1, 0.15) is 5.75 Å². The van der Waals surface area contributed by atoms with Crippen molar-refractivity contribution in [3.05, 3.63) is 101 Å². The molecule has 1 heterocycles. The van der Waals surface area contributed by atoms with Crippen LogP contribution in [0.15, 0.2) is 78.9 Å². The molecule has 0 atom stereocenters. The number of anilines is 1. The fraction of sp³-hybridized carbons (Fsp3) is 0.115. The van der Waals surface area contributed by atoms with Crippen LogP contribution >= 0.6 is 24.0 Å². The summed E-state index contributed by atoms with van der Waals surface area (Å²) in [5, 5.41) is 0.477. The number of amides is 1. The largest absolute Gasteiger partial charge is 0.497 e. The molecular weight excluding hydrogens is 514 g/mol. The first-order valence-corrected chi connectivity index (χ1v) is 10.9. The van der Waals surface area contributed by atoms with Gasteiger partial charge in [-0.25, -0.2) is 0 Å². The molecule has 1 amide bonds. The van der Waals surface area contributed by atoms with E-state index in [1.54, 1.807) is 44.4 Å². The van der Waals surface area contributed by atoms with E-state index in [0.717, 1.165) is 11.6 Å². The van der Waals surface area contributed by atoms with Crippen molar-refractivity contribution in [3.8, 4) is 22.7 Å². The fourth-order valence-electron chi connectivity index (χ4n) is 3.79. The molecule has 36 heavy (non-hydrogen) atoms. The van der Waals surface area contributed by atoms with Crippen LogP contribution in [0.4, 0.5) is 18.9 Å². The number of carbonyl (C=O) groups excluding carboxylic acids is 1. The zero-order chi connectivity index (χ0) is 25.2. The lowest BCUT2D eigenvalue weighted by Gasteiger charge is -2.15. The van der Waals surface area contributed by atoms with Gasteiger partial charge < -0.3 is 9.30 Å². The first-order valence-electron chi connectivity index (χ1n) is 10.5. The maximum atomic E-state index is 13.3. The van der Waals surface area contributed by atoms with Crippen LogP contribution in [0.5, 0.6) is 5.75 Å². The lowest BCUT2D eigenvalue weighted by Crippen LogP contribution is -2.30. The second-order valence-electron chi connectivity index (χ2n) is 7.67. The SMILES string of the molecule is COc1ccc(-c2cc(C(=O)NNc3ccccc3C(F)(F)F)c(C)n2-c2ccccc2Cl)cc1.Cl. The predicted molar refractivity (Wildman–Crippen MR) is 137 cm³/mol. The summed E-state index contributed by atoms with van der Waals surface area (Å²) in [6, 6.07) is 21.1. The van der Waals surface area contributed by atoms with Crippen molar-refractivity contribution in [1.29, 1.82) is 0 Å². The van der Waals surface area contributed by atoms with Crippen molar-refractivity contribution in [2.45, 2.75) is 13.1 Å². The molecule has 0 spiro atoms. The Hall–Kier alpha value is -3.62. The van der Waals surface area contributed by atoms with Gasteiger partial charge in [0.25, 0.3) is 5.91 Å². The molecule has 0 saturated carbocycles. The third-order valence-electron chi connectivity index (χ3n) is 5.51. The van der Waals surface area contributed by atoms with Crippen LogP contribution in [0.3, 0.4) is 0 Å². The molecule has 188 valence electrons. The van der Waals surface area contributed by atoms with E-state index in [4.69, 9.17) is 16.3 Å². The molecule has 3 aromatic carbocycles. The summed E-state index contributed by atoms with van der Waals surface area (Å²) in [6.45, 7) is 1.74. The molecule has 0 bridgehead atoms. The van der Waals surface area contributed by atoms with Gasteiger partial charge >= 0.3 is 6.18 Å². The van der Waals surface area contributed by atoms with Crippen LogP contribution in [0.25, 0.3) is 16.9 Å². The topological polar surface area (TPSA) is 55.3 Å². The van der Waals surface area contributed by atoms with E-state index in [9.17, 15) is 18.0 Å². The highest BCUT2D eigenvalue weighted by Gasteiger charge is 2.33. The number of rotatable bonds is 6. The van der Waals surface area contributed by atoms with E-state index < -0.39 is 17.6 Å². The number of nitrogens with one attached hydrogen (secondary N) is 2. The molecule has 4 aromatic rings. The first kappa shape index (κ1) is 27.0. The molecule has 0 aliphatic heterocycles. The van der Waals surface area contributed by atoms with Crippen molar-refractivity contribution in [2.75, 3.05) is 12.5 Å². The van der Waals surface area contributed by atoms with Gasteiger partial charge in [-0.2, -0.15) is 13.2 Å². The Balaban J connectivity index is 0.00000361. The lowest BCUT2D eigenvalue weighted by atomic mass is 10.1. The molecule has 0 saturated heterocycles. The smallest absolute Gasteiger partial charge is 0.418 e. The van der Waals surface area contributed by atoms with Crippen LogP contribution in [0, 0.1) is 6.92 Å². The van der Waals surface area contributed by atoms with Gasteiger partial charge in [0.2, 0.25) is 0 Å². The average Bonchev–Trinajstić information content (AvgIpc) is 3.19. The van der Waals surface area contributed by atoms with Gasteiger partial charge in [-0.1, -0.05) is 35.9 Å². The van der Waals surface area contributed by atoms with Crippen LogP contribution in [0.1, 0.15) is 21.6 Å². The number of alkyl halides is 3. The van der Waals surface area contributed by atoms with Crippen LogP contribution in [0.2, 0.25) is 5.02 Å². The Morgan fingerprint density at radius 3 is 2.25 bits per heavy atom. The minimum Gasteiger partial charge on any atom is -0.497 e. The summed E-state index contributed by atoms with van der Waals surface area (Å²) >= 11 is 6.47. The highest BCUT2D eigenvalue weighted by molar-refractivity contribution is 6.32. The minimum absolute atomic E-state index is 0. The Labute approximate surface area is 217 Å². The van der Waals surface area contributed by atoms with Gasteiger partial charge in [-0.05, 0) is 67.1 Å². The Kier molecular flexibility index (Phi) is 8.22. The lowest BCUT2D eigenvalue weighted by molar-refractivity contribution is -0.137. The number of nitrogens with zero attached hydrogens (tertiary/aromatic N) is 1. The fourth-order valence-corrected chi connectivity index (χ4v) is 4.01. The molecule has 0 aliphatic rings. The van der Waals surface area contributed by atoms with E-state index in [1.807, 2.05) is 28.8 Å². The van der Waals surface area contributed by atoms with Crippen molar-refractivity contribution >= 4 is 35.6 Å². The standard InChI is InChI=1S/C26H21ClF3N3O2.ClH/c1-16-19(25(34)32-31-22-9-5-3-7-20(22)26(28,29)30)15-24(17-11-13-18(35-2)14-12-17)33(16)23-10-6-4-8-21(23)27;/h3-15,31H,1-2H3,(H,32,34);1H. The quantitative estimate of drug-likeness (QED) is 0.254. The first-order chi connectivity index (χ1) is 16.7. The molecule has 4 rings (SSSR count). The number of carbonyl (C=O) groups is 1. The van der Waals surface area contributed by atoms with Crippen LogP contribution in [-0.4, -0.2) is 17.6 Å². The van der Waals surface area contributed by atoms with E-state index in [-0.39, 0.29) is 23.7 Å². The summed E-state index contributed by atoms with van der Waals surface area (Å²) < 4.78 is 47.0. The number of aromatic nitrogens is 1. The Bertz CT molecular complexity index is 1370. The molecule has 0 aliphatic carbocycles. The number of benzene rings is 3.